The first-order valence-electron chi connectivity index (χ1n) is 7.42. The maximum absolute atomic E-state index is 11.9. The maximum atomic E-state index is 11.9. The van der Waals surface area contributed by atoms with Crippen molar-refractivity contribution in [2.75, 3.05) is 7.11 Å². The molecule has 6 nitrogen and oxygen atoms in total. The highest BCUT2D eigenvalue weighted by Crippen LogP contribution is 2.21. The van der Waals surface area contributed by atoms with Crippen molar-refractivity contribution < 1.29 is 18.8 Å². The molecule has 0 saturated heterocycles. The summed E-state index contributed by atoms with van der Waals surface area (Å²) in [5.74, 6) is 0.851. The van der Waals surface area contributed by atoms with Gasteiger partial charge < -0.3 is 9.15 Å². The molecule has 0 aliphatic carbocycles. The lowest BCUT2D eigenvalue weighted by Crippen LogP contribution is -2.23. The molecule has 0 bridgehead atoms. The Bertz CT molecular complexity index is 844. The molecule has 2 aromatic carbocycles. The minimum absolute atomic E-state index is 0.0823. The first kappa shape index (κ1) is 17.0. The summed E-state index contributed by atoms with van der Waals surface area (Å²) in [5, 5.41) is 0.561. The number of hydrogen-bond acceptors (Lipinski definition) is 5. The van der Waals surface area contributed by atoms with E-state index < -0.39 is 0 Å². The second-order valence-corrected chi connectivity index (χ2v) is 5.54. The summed E-state index contributed by atoms with van der Waals surface area (Å²) in [6.07, 6.45) is 1.48. The summed E-state index contributed by atoms with van der Waals surface area (Å²) in [4.78, 5) is 21.4. The molecule has 0 atom stereocenters. The van der Waals surface area contributed by atoms with Crippen LogP contribution in [0.3, 0.4) is 0 Å². The number of halogens is 1. The quantitative estimate of drug-likeness (QED) is 0.677. The Morgan fingerprint density at radius 1 is 1.16 bits per heavy atom. The summed E-state index contributed by atoms with van der Waals surface area (Å²) in [6, 6.07) is 13.8. The molecule has 0 saturated carbocycles. The second-order valence-electron chi connectivity index (χ2n) is 5.10. The standard InChI is InChI=1S/C18H15ClN2O4/c1-23-16-8-4-13(5-9-16)18-20-15(10-24-18)11-25-21-17(22)12-2-6-14(19)7-3-12/h2-10H,11H2,1H3,(H,21,22). The summed E-state index contributed by atoms with van der Waals surface area (Å²) >= 11 is 5.78. The molecule has 0 radical (unpaired) electrons. The lowest BCUT2D eigenvalue weighted by molar-refractivity contribution is 0.0222. The van der Waals surface area contributed by atoms with E-state index in [0.29, 0.717) is 22.2 Å². The molecule has 128 valence electrons. The van der Waals surface area contributed by atoms with Crippen molar-refractivity contribution in [1.82, 2.24) is 10.5 Å². The van der Waals surface area contributed by atoms with Gasteiger partial charge in [-0.25, -0.2) is 10.5 Å². The molecule has 1 amide bonds. The fourth-order valence-electron chi connectivity index (χ4n) is 2.08. The monoisotopic (exact) mass is 358 g/mol. The molecule has 25 heavy (non-hydrogen) atoms. The van der Waals surface area contributed by atoms with Crippen molar-refractivity contribution in [2.24, 2.45) is 0 Å². The van der Waals surface area contributed by atoms with Gasteiger partial charge in [0.05, 0.1) is 7.11 Å². The van der Waals surface area contributed by atoms with Crippen LogP contribution >= 0.6 is 11.6 Å². The zero-order valence-corrected chi connectivity index (χ0v) is 14.1. The van der Waals surface area contributed by atoms with Crippen LogP contribution in [0.25, 0.3) is 11.5 Å². The van der Waals surface area contributed by atoms with E-state index in [-0.39, 0.29) is 12.5 Å². The van der Waals surface area contributed by atoms with Crippen molar-refractivity contribution >= 4 is 17.5 Å². The number of carbonyl (C=O) groups excluding carboxylic acids is 1. The molecule has 0 aliphatic rings. The second kappa shape index (κ2) is 7.83. The number of benzene rings is 2. The van der Waals surface area contributed by atoms with Crippen LogP contribution in [0.5, 0.6) is 5.75 Å². The van der Waals surface area contributed by atoms with Gasteiger partial charge in [-0.05, 0) is 48.5 Å². The predicted molar refractivity (Wildman–Crippen MR) is 92.2 cm³/mol. The Hall–Kier alpha value is -2.83. The minimum Gasteiger partial charge on any atom is -0.497 e. The maximum Gasteiger partial charge on any atom is 0.274 e. The number of hydroxylamine groups is 1. The van der Waals surface area contributed by atoms with Gasteiger partial charge in [0.1, 0.15) is 24.3 Å². The number of nitrogens with zero attached hydrogens (tertiary/aromatic N) is 1. The van der Waals surface area contributed by atoms with E-state index in [9.17, 15) is 4.79 Å². The molecular formula is C18H15ClN2O4. The van der Waals surface area contributed by atoms with E-state index in [4.69, 9.17) is 25.6 Å². The number of carbonyl (C=O) groups is 1. The van der Waals surface area contributed by atoms with E-state index in [0.717, 1.165) is 11.3 Å². The Morgan fingerprint density at radius 2 is 1.88 bits per heavy atom. The summed E-state index contributed by atoms with van der Waals surface area (Å²) in [6.45, 7) is 0.0823. The Kier molecular flexibility index (Phi) is 5.33. The molecule has 1 N–H and O–H groups in total. The van der Waals surface area contributed by atoms with Crippen molar-refractivity contribution in [3.05, 3.63) is 71.1 Å². The minimum atomic E-state index is -0.365. The van der Waals surface area contributed by atoms with E-state index in [2.05, 4.69) is 10.5 Å². The summed E-state index contributed by atoms with van der Waals surface area (Å²) < 4.78 is 10.5. The molecule has 3 rings (SSSR count). The topological polar surface area (TPSA) is 73.6 Å². The van der Waals surface area contributed by atoms with Crippen LogP contribution in [0, 0.1) is 0 Å². The number of amides is 1. The molecule has 1 aromatic heterocycles. The third-order valence-corrected chi connectivity index (χ3v) is 3.63. The Morgan fingerprint density at radius 3 is 2.56 bits per heavy atom. The molecule has 1 heterocycles. The van der Waals surface area contributed by atoms with Crippen molar-refractivity contribution in [3.63, 3.8) is 0 Å². The predicted octanol–water partition coefficient (Wildman–Crippen LogP) is 3.87. The van der Waals surface area contributed by atoms with Crippen LogP contribution < -0.4 is 10.2 Å². The fourth-order valence-corrected chi connectivity index (χ4v) is 2.20. The number of methoxy groups -OCH3 is 1. The summed E-state index contributed by atoms with van der Waals surface area (Å²) in [5.41, 5.74) is 4.17. The van der Waals surface area contributed by atoms with E-state index in [1.165, 1.54) is 6.26 Å². The Balaban J connectivity index is 1.54. The lowest BCUT2D eigenvalue weighted by atomic mass is 10.2. The van der Waals surface area contributed by atoms with Gasteiger partial charge in [0.25, 0.3) is 5.91 Å². The molecule has 3 aromatic rings. The number of oxazole rings is 1. The number of rotatable bonds is 6. The van der Waals surface area contributed by atoms with Gasteiger partial charge in [0.2, 0.25) is 5.89 Å². The normalized spacial score (nSPS) is 10.5. The zero-order chi connectivity index (χ0) is 17.6. The molecule has 0 aliphatic heterocycles. The van der Waals surface area contributed by atoms with E-state index in [1.54, 1.807) is 31.4 Å². The van der Waals surface area contributed by atoms with Crippen LogP contribution in [-0.2, 0) is 11.4 Å². The first-order chi connectivity index (χ1) is 12.2. The number of nitrogens with one attached hydrogen (secondary N) is 1. The highest BCUT2D eigenvalue weighted by Gasteiger charge is 2.09. The van der Waals surface area contributed by atoms with E-state index in [1.807, 2.05) is 24.3 Å². The third kappa shape index (κ3) is 4.37. The number of ether oxygens (including phenoxy) is 1. The number of aromatic nitrogens is 1. The van der Waals surface area contributed by atoms with Gasteiger partial charge in [-0.2, -0.15) is 0 Å². The van der Waals surface area contributed by atoms with Crippen LogP contribution in [0.1, 0.15) is 16.1 Å². The fraction of sp³-hybridized carbons (Fsp3) is 0.111. The van der Waals surface area contributed by atoms with Gasteiger partial charge in [-0.1, -0.05) is 11.6 Å². The third-order valence-electron chi connectivity index (χ3n) is 3.38. The zero-order valence-electron chi connectivity index (χ0n) is 13.4. The molecule has 0 fully saturated rings. The molecule has 7 heteroatoms. The average molecular weight is 359 g/mol. The number of hydrogen-bond donors (Lipinski definition) is 1. The highest BCUT2D eigenvalue weighted by molar-refractivity contribution is 6.30. The van der Waals surface area contributed by atoms with Gasteiger partial charge >= 0.3 is 0 Å². The van der Waals surface area contributed by atoms with Gasteiger partial charge in [0.15, 0.2) is 0 Å². The molecular weight excluding hydrogens is 344 g/mol. The van der Waals surface area contributed by atoms with Gasteiger partial charge in [0, 0.05) is 16.1 Å². The largest absolute Gasteiger partial charge is 0.497 e. The molecule has 0 spiro atoms. The average Bonchev–Trinajstić information content (AvgIpc) is 3.11. The molecule has 0 unspecified atom stereocenters. The Labute approximate surface area is 149 Å². The van der Waals surface area contributed by atoms with Crippen LogP contribution in [-0.4, -0.2) is 18.0 Å². The highest BCUT2D eigenvalue weighted by atomic mass is 35.5. The van der Waals surface area contributed by atoms with Crippen LogP contribution in [0.4, 0.5) is 0 Å². The van der Waals surface area contributed by atoms with Crippen molar-refractivity contribution in [2.45, 2.75) is 6.61 Å². The van der Waals surface area contributed by atoms with Crippen LogP contribution in [0.15, 0.2) is 59.2 Å². The van der Waals surface area contributed by atoms with Crippen LogP contribution in [0.2, 0.25) is 5.02 Å². The van der Waals surface area contributed by atoms with E-state index >= 15 is 0 Å². The van der Waals surface area contributed by atoms with Gasteiger partial charge in [-0.3, -0.25) is 9.63 Å². The lowest BCUT2D eigenvalue weighted by Gasteiger charge is -2.04. The summed E-state index contributed by atoms with van der Waals surface area (Å²) in [7, 11) is 1.61. The smallest absolute Gasteiger partial charge is 0.274 e. The first-order valence-corrected chi connectivity index (χ1v) is 7.80. The van der Waals surface area contributed by atoms with Crippen molar-refractivity contribution in [1.29, 1.82) is 0 Å². The van der Waals surface area contributed by atoms with Crippen molar-refractivity contribution in [3.8, 4) is 17.2 Å². The SMILES string of the molecule is COc1ccc(-c2nc(CONC(=O)c3ccc(Cl)cc3)co2)cc1. The van der Waals surface area contributed by atoms with Gasteiger partial charge in [-0.15, -0.1) is 0 Å².